The van der Waals surface area contributed by atoms with Gasteiger partial charge in [0.15, 0.2) is 0 Å². The number of hydrogen-bond acceptors (Lipinski definition) is 6. The molecule has 0 radical (unpaired) electrons. The average molecular weight is 480 g/mol. The molecule has 3 heterocycles. The Balaban J connectivity index is 1.27. The molecule has 0 spiro atoms. The monoisotopic (exact) mass is 479 g/mol. The van der Waals surface area contributed by atoms with E-state index in [1.54, 1.807) is 0 Å². The molecule has 2 aromatic heterocycles. The predicted molar refractivity (Wildman–Crippen MR) is 142 cm³/mol. The van der Waals surface area contributed by atoms with E-state index in [1.807, 2.05) is 30.5 Å². The summed E-state index contributed by atoms with van der Waals surface area (Å²) in [5.74, 6) is 0.615. The summed E-state index contributed by atoms with van der Waals surface area (Å²) in [7, 11) is 0. The number of benzene rings is 2. The molecule has 1 aliphatic rings. The summed E-state index contributed by atoms with van der Waals surface area (Å²) in [5, 5.41) is 16.7. The maximum Gasteiger partial charge on any atom is 0.252 e. The van der Waals surface area contributed by atoms with Crippen LogP contribution in [0.2, 0.25) is 0 Å². The van der Waals surface area contributed by atoms with Crippen molar-refractivity contribution in [3.05, 3.63) is 83.7 Å². The third-order valence-corrected chi connectivity index (χ3v) is 6.86. The molecule has 0 aliphatic carbocycles. The number of nitrogens with one attached hydrogen (secondary N) is 3. The van der Waals surface area contributed by atoms with Gasteiger partial charge in [-0.25, -0.2) is 4.98 Å². The fraction of sp³-hybridized carbons (Fsp3) is 0.250. The Labute approximate surface area is 210 Å². The molecule has 182 valence electrons. The molecule has 1 fully saturated rings. The fourth-order valence-corrected chi connectivity index (χ4v) is 4.87. The van der Waals surface area contributed by atoms with Gasteiger partial charge in [0.2, 0.25) is 0 Å². The van der Waals surface area contributed by atoms with Crippen LogP contribution >= 0.6 is 0 Å². The van der Waals surface area contributed by atoms with Crippen molar-refractivity contribution in [2.24, 2.45) is 5.73 Å². The number of H-pyrrole nitrogens is 1. The second kappa shape index (κ2) is 10.5. The van der Waals surface area contributed by atoms with Gasteiger partial charge in [-0.05, 0) is 67.2 Å². The summed E-state index contributed by atoms with van der Waals surface area (Å²) in [6.45, 7) is 2.97. The van der Waals surface area contributed by atoms with Gasteiger partial charge < -0.3 is 21.4 Å². The molecule has 1 amide bonds. The molecule has 0 unspecified atom stereocenters. The van der Waals surface area contributed by atoms with Crippen molar-refractivity contribution < 1.29 is 4.79 Å². The molecule has 36 heavy (non-hydrogen) atoms. The highest BCUT2D eigenvalue weighted by Gasteiger charge is 2.20. The van der Waals surface area contributed by atoms with E-state index in [4.69, 9.17) is 11.0 Å². The highest BCUT2D eigenvalue weighted by atomic mass is 16.1. The summed E-state index contributed by atoms with van der Waals surface area (Å²) in [5.41, 5.74) is 11.0. The minimum atomic E-state index is -0.526. The smallest absolute Gasteiger partial charge is 0.252 e. The van der Waals surface area contributed by atoms with Crippen LogP contribution in [-0.2, 0) is 6.54 Å². The van der Waals surface area contributed by atoms with Crippen molar-refractivity contribution >= 4 is 34.0 Å². The van der Waals surface area contributed by atoms with Crippen LogP contribution < -0.4 is 16.4 Å². The lowest BCUT2D eigenvalue weighted by atomic mass is 9.89. The van der Waals surface area contributed by atoms with Crippen LogP contribution in [0.5, 0.6) is 0 Å². The van der Waals surface area contributed by atoms with Crippen LogP contribution in [0.25, 0.3) is 10.9 Å². The van der Waals surface area contributed by atoms with Crippen LogP contribution in [0.4, 0.5) is 17.2 Å². The lowest BCUT2D eigenvalue weighted by Gasteiger charge is -2.30. The Morgan fingerprint density at radius 1 is 1.17 bits per heavy atom. The number of carbonyl (C=O) groups excluding carboxylic acids is 1. The molecular formula is C28H29N7O. The van der Waals surface area contributed by atoms with Crippen molar-refractivity contribution in [1.29, 1.82) is 5.26 Å². The Morgan fingerprint density at radius 3 is 2.72 bits per heavy atom. The van der Waals surface area contributed by atoms with Crippen molar-refractivity contribution in [3.63, 3.8) is 0 Å². The number of pyridine rings is 1. The number of nitrogens with zero attached hydrogens (tertiary/aromatic N) is 3. The van der Waals surface area contributed by atoms with E-state index >= 15 is 0 Å². The first-order valence-electron chi connectivity index (χ1n) is 12.2. The number of fused-ring (bicyclic) bond motifs is 1. The Kier molecular flexibility index (Phi) is 6.83. The van der Waals surface area contributed by atoms with Gasteiger partial charge in [-0.15, -0.1) is 0 Å². The molecule has 2 aromatic carbocycles. The number of likely N-dealkylation sites (tertiary alicyclic amines) is 1. The van der Waals surface area contributed by atoms with Gasteiger partial charge in [0, 0.05) is 41.6 Å². The number of nitriles is 1. The lowest BCUT2D eigenvalue weighted by molar-refractivity contribution is 0.100. The van der Waals surface area contributed by atoms with E-state index in [2.05, 4.69) is 61.9 Å². The van der Waals surface area contributed by atoms with Gasteiger partial charge in [-0.1, -0.05) is 24.3 Å². The Morgan fingerprint density at radius 2 is 1.97 bits per heavy atom. The molecule has 1 aliphatic heterocycles. The van der Waals surface area contributed by atoms with Crippen LogP contribution in [0, 0.1) is 11.3 Å². The third kappa shape index (κ3) is 5.16. The summed E-state index contributed by atoms with van der Waals surface area (Å²) in [4.78, 5) is 21.8. The molecule has 0 atom stereocenters. The Bertz CT molecular complexity index is 1400. The first-order valence-corrected chi connectivity index (χ1v) is 12.2. The quantitative estimate of drug-likeness (QED) is 0.271. The van der Waals surface area contributed by atoms with Crippen LogP contribution in [0.1, 0.15) is 40.2 Å². The van der Waals surface area contributed by atoms with Crippen molar-refractivity contribution in [3.8, 4) is 6.07 Å². The van der Waals surface area contributed by atoms with Crippen molar-refractivity contribution in [1.82, 2.24) is 14.9 Å². The number of primary amides is 1. The molecule has 0 saturated carbocycles. The molecule has 5 rings (SSSR count). The van der Waals surface area contributed by atoms with E-state index in [-0.39, 0.29) is 0 Å². The van der Waals surface area contributed by atoms with Crippen molar-refractivity contribution in [2.75, 3.05) is 30.3 Å². The van der Waals surface area contributed by atoms with E-state index in [9.17, 15) is 4.79 Å². The number of carbonyl (C=O) groups is 1. The van der Waals surface area contributed by atoms with E-state index in [1.165, 1.54) is 11.8 Å². The fourth-order valence-electron chi connectivity index (χ4n) is 4.87. The molecule has 4 aromatic rings. The molecule has 8 nitrogen and oxygen atoms in total. The summed E-state index contributed by atoms with van der Waals surface area (Å²) >= 11 is 0. The molecule has 0 bridgehead atoms. The van der Waals surface area contributed by atoms with Gasteiger partial charge in [-0.2, -0.15) is 5.26 Å². The molecule has 5 N–H and O–H groups in total. The first kappa shape index (κ1) is 23.4. The number of hydrogen-bond donors (Lipinski definition) is 4. The minimum Gasteiger partial charge on any atom is -0.380 e. The number of piperidine rings is 1. The SMILES string of the molecule is N#CCN1CCC(c2ccc(Nc3cc(NCc4cccc5[nH]ccc45)c(C(N)=O)cn3)cc2)CC1. The topological polar surface area (TPSA) is 123 Å². The minimum absolute atomic E-state index is 0.347. The summed E-state index contributed by atoms with van der Waals surface area (Å²) < 4.78 is 0. The van der Waals surface area contributed by atoms with E-state index in [0.717, 1.165) is 48.1 Å². The summed E-state index contributed by atoms with van der Waals surface area (Å²) in [6, 6.07) is 20.6. The zero-order valence-corrected chi connectivity index (χ0v) is 20.0. The Hall–Kier alpha value is -4.35. The standard InChI is InChI=1S/C28H29N7O/c29-11-15-35-13-9-20(10-14-35)19-4-6-22(7-5-19)34-27-16-26(24(18-33-27)28(30)36)32-17-21-2-1-3-25-23(21)8-12-31-25/h1-8,12,16,18,20,31H,9-10,13-15,17H2,(H2,30,36)(H2,32,33,34). The second-order valence-corrected chi connectivity index (χ2v) is 9.14. The zero-order chi connectivity index (χ0) is 24.9. The maximum absolute atomic E-state index is 12.0. The number of anilines is 3. The average Bonchev–Trinajstić information content (AvgIpc) is 3.38. The molecular weight excluding hydrogens is 450 g/mol. The number of aromatic amines is 1. The van der Waals surface area contributed by atoms with Gasteiger partial charge in [-0.3, -0.25) is 9.69 Å². The highest BCUT2D eigenvalue weighted by molar-refractivity contribution is 5.98. The highest BCUT2D eigenvalue weighted by Crippen LogP contribution is 2.30. The number of aromatic nitrogens is 2. The van der Waals surface area contributed by atoms with Crippen LogP contribution in [0.3, 0.4) is 0 Å². The molecule has 8 heteroatoms. The number of rotatable bonds is 8. The second-order valence-electron chi connectivity index (χ2n) is 9.14. The van der Waals surface area contributed by atoms with Gasteiger partial charge >= 0.3 is 0 Å². The predicted octanol–water partition coefficient (Wildman–Crippen LogP) is 4.72. The van der Waals surface area contributed by atoms with E-state index < -0.39 is 5.91 Å². The van der Waals surface area contributed by atoms with Crippen LogP contribution in [0.15, 0.2) is 67.0 Å². The zero-order valence-electron chi connectivity index (χ0n) is 20.0. The normalized spacial score (nSPS) is 14.4. The van der Waals surface area contributed by atoms with Gasteiger partial charge in [0.25, 0.3) is 5.91 Å². The largest absolute Gasteiger partial charge is 0.380 e. The number of amides is 1. The van der Waals surface area contributed by atoms with Crippen LogP contribution in [-0.4, -0.2) is 40.4 Å². The third-order valence-electron chi connectivity index (χ3n) is 6.86. The summed E-state index contributed by atoms with van der Waals surface area (Å²) in [6.07, 6.45) is 5.56. The van der Waals surface area contributed by atoms with Crippen molar-refractivity contribution in [2.45, 2.75) is 25.3 Å². The van der Waals surface area contributed by atoms with Gasteiger partial charge in [0.1, 0.15) is 5.82 Å². The van der Waals surface area contributed by atoms with E-state index in [0.29, 0.717) is 36.1 Å². The number of nitrogens with two attached hydrogens (primary N) is 1. The molecule has 1 saturated heterocycles. The van der Waals surface area contributed by atoms with Gasteiger partial charge in [0.05, 0.1) is 23.9 Å². The lowest BCUT2D eigenvalue weighted by Crippen LogP contribution is -2.33. The first-order chi connectivity index (χ1) is 17.6. The maximum atomic E-state index is 12.0.